The van der Waals surface area contributed by atoms with Crippen LogP contribution in [0.3, 0.4) is 0 Å². The minimum atomic E-state index is -0.486. The number of carbonyl (C=O) groups excluding carboxylic acids is 1. The lowest BCUT2D eigenvalue weighted by molar-refractivity contribution is -0.137. The van der Waals surface area contributed by atoms with E-state index in [2.05, 4.69) is 9.98 Å². The highest BCUT2D eigenvalue weighted by atomic mass is 32.1. The van der Waals surface area contributed by atoms with Crippen LogP contribution in [0.2, 0.25) is 0 Å². The molecular weight excluding hydrogens is 214 g/mol. The van der Waals surface area contributed by atoms with Crippen molar-refractivity contribution in [3.63, 3.8) is 0 Å². The number of hydrogen-bond donors (Lipinski definition) is 1. The Bertz CT molecular complexity index is 371. The van der Waals surface area contributed by atoms with Crippen LogP contribution in [0.4, 0.5) is 5.13 Å². The van der Waals surface area contributed by atoms with Crippen LogP contribution in [0.25, 0.3) is 0 Å². The predicted octanol–water partition coefficient (Wildman–Crippen LogP) is 1.25. The van der Waals surface area contributed by atoms with Gasteiger partial charge in [-0.25, -0.2) is 14.8 Å². The van der Waals surface area contributed by atoms with Gasteiger partial charge in [-0.2, -0.15) is 0 Å². The number of carbonyl (C=O) groups is 1. The molecule has 6 heteroatoms. The van der Waals surface area contributed by atoms with Gasteiger partial charge in [-0.05, 0) is 6.92 Å². The van der Waals surface area contributed by atoms with E-state index in [4.69, 9.17) is 10.5 Å². The molecule has 1 heterocycles. The van der Waals surface area contributed by atoms with Crippen molar-refractivity contribution in [2.45, 2.75) is 6.92 Å². The van der Waals surface area contributed by atoms with E-state index in [-0.39, 0.29) is 5.57 Å². The fourth-order valence-electron chi connectivity index (χ4n) is 0.783. The van der Waals surface area contributed by atoms with Crippen molar-refractivity contribution in [1.82, 2.24) is 4.98 Å². The van der Waals surface area contributed by atoms with E-state index in [1.54, 1.807) is 18.5 Å². The third kappa shape index (κ3) is 3.51. The summed E-state index contributed by atoms with van der Waals surface area (Å²) in [5, 5.41) is 2.36. The van der Waals surface area contributed by atoms with Gasteiger partial charge in [-0.3, -0.25) is 0 Å². The van der Waals surface area contributed by atoms with Crippen LogP contribution in [-0.4, -0.2) is 23.8 Å². The molecule has 0 radical (unpaired) electrons. The third-order valence-electron chi connectivity index (χ3n) is 1.42. The quantitative estimate of drug-likeness (QED) is 0.475. The van der Waals surface area contributed by atoms with E-state index in [0.717, 1.165) is 6.20 Å². The monoisotopic (exact) mass is 225 g/mol. The van der Waals surface area contributed by atoms with Gasteiger partial charge >= 0.3 is 5.97 Å². The first-order valence-corrected chi connectivity index (χ1v) is 5.18. The number of thiazole rings is 1. The van der Waals surface area contributed by atoms with Gasteiger partial charge in [0.2, 0.25) is 5.13 Å². The van der Waals surface area contributed by atoms with Gasteiger partial charge in [0.05, 0.1) is 12.2 Å². The molecule has 0 atom stereocenters. The molecule has 0 saturated carbocycles. The zero-order valence-electron chi connectivity index (χ0n) is 8.21. The van der Waals surface area contributed by atoms with Crippen molar-refractivity contribution in [2.75, 3.05) is 6.61 Å². The lowest BCUT2D eigenvalue weighted by atomic mass is 10.3. The fraction of sp³-hybridized carbons (Fsp3) is 0.222. The molecule has 1 aromatic rings. The fourth-order valence-corrected chi connectivity index (χ4v) is 1.26. The van der Waals surface area contributed by atoms with Crippen LogP contribution < -0.4 is 5.73 Å². The van der Waals surface area contributed by atoms with E-state index < -0.39 is 5.97 Å². The summed E-state index contributed by atoms with van der Waals surface area (Å²) in [6, 6.07) is 0. The molecule has 0 fully saturated rings. The van der Waals surface area contributed by atoms with Crippen LogP contribution in [0.1, 0.15) is 6.92 Å². The number of aliphatic imine (C=N–C) groups is 1. The van der Waals surface area contributed by atoms with Crippen LogP contribution in [-0.2, 0) is 9.53 Å². The van der Waals surface area contributed by atoms with Crippen LogP contribution in [0.15, 0.2) is 28.3 Å². The standard InChI is InChI=1S/C9H11N3O2S/c1-2-14-8(13)7(5-10)6-12-9-11-3-4-15-9/h3-6H,2,10H2,1H3. The van der Waals surface area contributed by atoms with E-state index in [9.17, 15) is 4.79 Å². The lowest BCUT2D eigenvalue weighted by Crippen LogP contribution is -2.10. The number of aromatic nitrogens is 1. The summed E-state index contributed by atoms with van der Waals surface area (Å²) in [5.41, 5.74) is 5.49. The van der Waals surface area contributed by atoms with Gasteiger partial charge < -0.3 is 10.5 Å². The van der Waals surface area contributed by atoms with Crippen molar-refractivity contribution in [2.24, 2.45) is 10.7 Å². The van der Waals surface area contributed by atoms with E-state index in [0.29, 0.717) is 11.7 Å². The highest BCUT2D eigenvalue weighted by molar-refractivity contribution is 7.13. The summed E-state index contributed by atoms with van der Waals surface area (Å²) in [5.74, 6) is -0.486. The normalized spacial score (nSPS) is 11.9. The van der Waals surface area contributed by atoms with Gasteiger partial charge in [0, 0.05) is 24.0 Å². The maximum atomic E-state index is 11.3. The summed E-state index contributed by atoms with van der Waals surface area (Å²) in [7, 11) is 0. The largest absolute Gasteiger partial charge is 0.462 e. The van der Waals surface area contributed by atoms with Gasteiger partial charge in [-0.15, -0.1) is 11.3 Å². The lowest BCUT2D eigenvalue weighted by Gasteiger charge is -1.99. The summed E-state index contributed by atoms with van der Waals surface area (Å²) in [4.78, 5) is 19.2. The van der Waals surface area contributed by atoms with Crippen molar-refractivity contribution in [3.05, 3.63) is 23.3 Å². The highest BCUT2D eigenvalue weighted by Gasteiger charge is 2.06. The van der Waals surface area contributed by atoms with Crippen LogP contribution >= 0.6 is 11.3 Å². The molecule has 5 nitrogen and oxygen atoms in total. The molecule has 0 aliphatic carbocycles. The predicted molar refractivity (Wildman–Crippen MR) is 59.2 cm³/mol. The van der Waals surface area contributed by atoms with Gasteiger partial charge in [0.1, 0.15) is 0 Å². The molecule has 0 aromatic carbocycles. The maximum absolute atomic E-state index is 11.3. The number of esters is 1. The smallest absolute Gasteiger partial charge is 0.341 e. The molecule has 0 aliphatic heterocycles. The Morgan fingerprint density at radius 1 is 1.80 bits per heavy atom. The van der Waals surface area contributed by atoms with Crippen LogP contribution in [0, 0.1) is 0 Å². The van der Waals surface area contributed by atoms with Gasteiger partial charge in [-0.1, -0.05) is 0 Å². The molecule has 0 aliphatic rings. The minimum Gasteiger partial charge on any atom is -0.462 e. The summed E-state index contributed by atoms with van der Waals surface area (Å²) >= 11 is 1.37. The summed E-state index contributed by atoms with van der Waals surface area (Å²) < 4.78 is 4.77. The summed E-state index contributed by atoms with van der Waals surface area (Å²) in [6.07, 6.45) is 4.14. The highest BCUT2D eigenvalue weighted by Crippen LogP contribution is 2.14. The molecule has 0 bridgehead atoms. The topological polar surface area (TPSA) is 77.6 Å². The first kappa shape index (κ1) is 11.4. The van der Waals surface area contributed by atoms with Gasteiger partial charge in [0.15, 0.2) is 0 Å². The minimum absolute atomic E-state index is 0.215. The Balaban J connectivity index is 2.66. The van der Waals surface area contributed by atoms with E-state index in [1.165, 1.54) is 17.6 Å². The average Bonchev–Trinajstić information content (AvgIpc) is 2.72. The molecule has 1 rings (SSSR count). The van der Waals surface area contributed by atoms with Crippen molar-refractivity contribution < 1.29 is 9.53 Å². The van der Waals surface area contributed by atoms with Crippen molar-refractivity contribution in [3.8, 4) is 0 Å². The first-order valence-electron chi connectivity index (χ1n) is 4.30. The molecule has 0 unspecified atom stereocenters. The number of nitrogens with zero attached hydrogens (tertiary/aromatic N) is 2. The average molecular weight is 225 g/mol. The number of hydrogen-bond acceptors (Lipinski definition) is 6. The van der Waals surface area contributed by atoms with E-state index >= 15 is 0 Å². The third-order valence-corrected chi connectivity index (χ3v) is 2.10. The molecular formula is C9H11N3O2S. The molecule has 2 N–H and O–H groups in total. The molecule has 0 spiro atoms. The second-order valence-corrected chi connectivity index (χ2v) is 3.29. The summed E-state index contributed by atoms with van der Waals surface area (Å²) in [6.45, 7) is 2.03. The Kier molecular flexibility index (Phi) is 4.49. The SMILES string of the molecule is CCOC(=O)C(C=Nc1nccs1)=CN. The number of rotatable bonds is 4. The molecule has 15 heavy (non-hydrogen) atoms. The van der Waals surface area contributed by atoms with E-state index in [1.807, 2.05) is 0 Å². The zero-order valence-corrected chi connectivity index (χ0v) is 9.03. The Labute approximate surface area is 91.3 Å². The van der Waals surface area contributed by atoms with Crippen molar-refractivity contribution in [1.29, 1.82) is 0 Å². The Morgan fingerprint density at radius 2 is 2.60 bits per heavy atom. The maximum Gasteiger partial charge on any atom is 0.341 e. The van der Waals surface area contributed by atoms with Crippen molar-refractivity contribution >= 4 is 28.7 Å². The molecule has 0 amide bonds. The second kappa shape index (κ2) is 5.92. The molecule has 1 aromatic heterocycles. The first-order chi connectivity index (χ1) is 7.27. The Hall–Kier alpha value is -1.69. The zero-order chi connectivity index (χ0) is 11.1. The Morgan fingerprint density at radius 3 is 3.13 bits per heavy atom. The number of nitrogens with two attached hydrogens (primary N) is 1. The molecule has 0 saturated heterocycles. The number of ether oxygens (including phenoxy) is 1. The van der Waals surface area contributed by atoms with Gasteiger partial charge in [0.25, 0.3) is 0 Å². The second-order valence-electron chi connectivity index (χ2n) is 2.42. The van der Waals surface area contributed by atoms with Crippen LogP contribution in [0.5, 0.6) is 0 Å². The molecule has 80 valence electrons.